The highest BCUT2D eigenvalue weighted by molar-refractivity contribution is 5.66. The van der Waals surface area contributed by atoms with Crippen molar-refractivity contribution in [2.75, 3.05) is 13.7 Å². The molecular formula is C10H14N2O2. The number of alkyl carbamates (subject to hydrolysis) is 1. The van der Waals surface area contributed by atoms with Gasteiger partial charge in [0.15, 0.2) is 0 Å². The molecule has 14 heavy (non-hydrogen) atoms. The number of carbonyl (C=O) groups excluding carboxylic acids is 1. The average Bonchev–Trinajstić information content (AvgIpc) is 2.25. The Bertz CT molecular complexity index is 275. The van der Waals surface area contributed by atoms with E-state index in [1.165, 1.54) is 0 Å². The molecule has 0 radical (unpaired) electrons. The predicted octanol–water partition coefficient (Wildman–Crippen LogP) is 1.09. The summed E-state index contributed by atoms with van der Waals surface area (Å²) in [7, 11) is 1.75. The van der Waals surface area contributed by atoms with Crippen molar-refractivity contribution >= 4 is 6.09 Å². The van der Waals surface area contributed by atoms with Crippen molar-refractivity contribution in [1.29, 1.82) is 0 Å². The number of amides is 1. The summed E-state index contributed by atoms with van der Waals surface area (Å²) in [5.41, 5.74) is 0.979. The molecule has 0 aromatic heterocycles. The summed E-state index contributed by atoms with van der Waals surface area (Å²) >= 11 is 0. The monoisotopic (exact) mass is 194 g/mol. The van der Waals surface area contributed by atoms with Gasteiger partial charge in [-0.25, -0.2) is 4.79 Å². The number of rotatable bonds is 4. The highest BCUT2D eigenvalue weighted by Gasteiger charge is 1.99. The van der Waals surface area contributed by atoms with Crippen LogP contribution in [0.25, 0.3) is 0 Å². The first-order valence-electron chi connectivity index (χ1n) is 4.42. The first-order valence-corrected chi connectivity index (χ1v) is 4.42. The minimum atomic E-state index is -0.414. The van der Waals surface area contributed by atoms with E-state index in [0.717, 1.165) is 5.56 Å². The maximum absolute atomic E-state index is 11.0. The van der Waals surface area contributed by atoms with Crippen LogP contribution in [-0.4, -0.2) is 19.8 Å². The van der Waals surface area contributed by atoms with Crippen LogP contribution in [0.3, 0.4) is 0 Å². The molecule has 0 aliphatic carbocycles. The van der Waals surface area contributed by atoms with Gasteiger partial charge in [-0.1, -0.05) is 30.3 Å². The summed E-state index contributed by atoms with van der Waals surface area (Å²) in [5, 5.41) is 5.32. The van der Waals surface area contributed by atoms with Crippen LogP contribution in [0, 0.1) is 0 Å². The van der Waals surface area contributed by atoms with E-state index in [-0.39, 0.29) is 0 Å². The van der Waals surface area contributed by atoms with E-state index >= 15 is 0 Å². The summed E-state index contributed by atoms with van der Waals surface area (Å²) in [4.78, 5) is 11.0. The molecule has 0 aliphatic rings. The largest absolute Gasteiger partial charge is 0.445 e. The van der Waals surface area contributed by atoms with E-state index in [1.807, 2.05) is 30.3 Å². The van der Waals surface area contributed by atoms with Crippen LogP contribution in [0.5, 0.6) is 0 Å². The third-order valence-corrected chi connectivity index (χ3v) is 1.62. The molecule has 0 heterocycles. The second-order valence-corrected chi connectivity index (χ2v) is 2.77. The van der Waals surface area contributed by atoms with Gasteiger partial charge in [0.25, 0.3) is 0 Å². The van der Waals surface area contributed by atoms with Crippen molar-refractivity contribution in [2.45, 2.75) is 6.61 Å². The molecule has 0 fully saturated rings. The first-order chi connectivity index (χ1) is 6.83. The molecule has 0 saturated carbocycles. The molecule has 76 valence electrons. The van der Waals surface area contributed by atoms with Crippen molar-refractivity contribution in [2.24, 2.45) is 0 Å². The van der Waals surface area contributed by atoms with Crippen LogP contribution in [0.15, 0.2) is 30.3 Å². The van der Waals surface area contributed by atoms with E-state index in [4.69, 9.17) is 4.74 Å². The summed E-state index contributed by atoms with van der Waals surface area (Å²) in [6.45, 7) is 0.712. The van der Waals surface area contributed by atoms with Gasteiger partial charge in [-0.3, -0.25) is 0 Å². The van der Waals surface area contributed by atoms with E-state index in [0.29, 0.717) is 13.3 Å². The molecule has 0 atom stereocenters. The topological polar surface area (TPSA) is 50.4 Å². The van der Waals surface area contributed by atoms with Gasteiger partial charge in [0.05, 0.1) is 6.67 Å². The van der Waals surface area contributed by atoms with E-state index < -0.39 is 6.09 Å². The molecule has 0 aliphatic heterocycles. The van der Waals surface area contributed by atoms with E-state index in [1.54, 1.807) is 7.05 Å². The summed E-state index contributed by atoms with van der Waals surface area (Å²) in [5.74, 6) is 0. The lowest BCUT2D eigenvalue weighted by Gasteiger charge is -2.05. The van der Waals surface area contributed by atoms with Gasteiger partial charge < -0.3 is 15.4 Å². The lowest BCUT2D eigenvalue weighted by atomic mass is 10.2. The van der Waals surface area contributed by atoms with Crippen molar-refractivity contribution in [1.82, 2.24) is 10.6 Å². The molecular weight excluding hydrogens is 180 g/mol. The molecule has 1 amide bonds. The Balaban J connectivity index is 2.24. The standard InChI is InChI=1S/C10H14N2O2/c1-11-8-12-10(13)14-7-9-5-3-2-4-6-9/h2-6,11H,7-8H2,1H3,(H,12,13). The number of hydrogen-bond acceptors (Lipinski definition) is 3. The second-order valence-electron chi connectivity index (χ2n) is 2.77. The van der Waals surface area contributed by atoms with Crippen molar-refractivity contribution in [3.05, 3.63) is 35.9 Å². The SMILES string of the molecule is CNCNC(=O)OCc1ccccc1. The molecule has 1 aromatic rings. The summed E-state index contributed by atoms with van der Waals surface area (Å²) in [6, 6.07) is 9.55. The number of benzene rings is 1. The number of carbonyl (C=O) groups is 1. The molecule has 1 rings (SSSR count). The molecule has 4 heteroatoms. The Morgan fingerprint density at radius 1 is 1.36 bits per heavy atom. The van der Waals surface area contributed by atoms with Crippen LogP contribution in [-0.2, 0) is 11.3 Å². The Morgan fingerprint density at radius 2 is 2.07 bits per heavy atom. The minimum Gasteiger partial charge on any atom is -0.445 e. The average molecular weight is 194 g/mol. The molecule has 4 nitrogen and oxygen atoms in total. The van der Waals surface area contributed by atoms with Gasteiger partial charge in [-0.15, -0.1) is 0 Å². The first kappa shape index (κ1) is 10.5. The molecule has 0 saturated heterocycles. The van der Waals surface area contributed by atoms with Crippen LogP contribution in [0.4, 0.5) is 4.79 Å². The van der Waals surface area contributed by atoms with Crippen molar-refractivity contribution in [3.8, 4) is 0 Å². The number of hydrogen-bond donors (Lipinski definition) is 2. The zero-order chi connectivity index (χ0) is 10.2. The van der Waals surface area contributed by atoms with E-state index in [2.05, 4.69) is 10.6 Å². The predicted molar refractivity (Wildman–Crippen MR) is 53.7 cm³/mol. The van der Waals surface area contributed by atoms with Gasteiger partial charge in [-0.05, 0) is 12.6 Å². The molecule has 0 spiro atoms. The van der Waals surface area contributed by atoms with Gasteiger partial charge in [0.1, 0.15) is 6.61 Å². The van der Waals surface area contributed by atoms with Crippen LogP contribution >= 0.6 is 0 Å². The third-order valence-electron chi connectivity index (χ3n) is 1.62. The Hall–Kier alpha value is -1.55. The summed E-state index contributed by atoms with van der Waals surface area (Å²) < 4.78 is 4.94. The van der Waals surface area contributed by atoms with E-state index in [9.17, 15) is 4.79 Å². The highest BCUT2D eigenvalue weighted by atomic mass is 16.5. The number of nitrogens with one attached hydrogen (secondary N) is 2. The minimum absolute atomic E-state index is 0.302. The zero-order valence-corrected chi connectivity index (χ0v) is 8.12. The lowest BCUT2D eigenvalue weighted by Crippen LogP contribution is -2.32. The second kappa shape index (κ2) is 5.99. The fraction of sp³-hybridized carbons (Fsp3) is 0.300. The highest BCUT2D eigenvalue weighted by Crippen LogP contribution is 1.99. The third kappa shape index (κ3) is 3.91. The fourth-order valence-electron chi connectivity index (χ4n) is 0.935. The van der Waals surface area contributed by atoms with Gasteiger partial charge >= 0.3 is 6.09 Å². The van der Waals surface area contributed by atoms with Crippen LogP contribution in [0.1, 0.15) is 5.56 Å². The maximum atomic E-state index is 11.0. The van der Waals surface area contributed by atoms with Crippen LogP contribution in [0.2, 0.25) is 0 Å². The number of ether oxygens (including phenoxy) is 1. The molecule has 2 N–H and O–H groups in total. The maximum Gasteiger partial charge on any atom is 0.408 e. The Labute approximate surface area is 83.3 Å². The normalized spacial score (nSPS) is 9.50. The van der Waals surface area contributed by atoms with Crippen LogP contribution < -0.4 is 10.6 Å². The smallest absolute Gasteiger partial charge is 0.408 e. The summed E-state index contributed by atoms with van der Waals surface area (Å²) in [6.07, 6.45) is -0.414. The quantitative estimate of drug-likeness (QED) is 0.705. The fourth-order valence-corrected chi connectivity index (χ4v) is 0.935. The van der Waals surface area contributed by atoms with Crippen molar-refractivity contribution in [3.63, 3.8) is 0 Å². The van der Waals surface area contributed by atoms with Gasteiger partial charge in [0, 0.05) is 0 Å². The van der Waals surface area contributed by atoms with Gasteiger partial charge in [0.2, 0.25) is 0 Å². The lowest BCUT2D eigenvalue weighted by molar-refractivity contribution is 0.139. The molecule has 0 bridgehead atoms. The van der Waals surface area contributed by atoms with Crippen molar-refractivity contribution < 1.29 is 9.53 Å². The molecule has 1 aromatic carbocycles. The molecule has 0 unspecified atom stereocenters. The zero-order valence-electron chi connectivity index (χ0n) is 8.12. The van der Waals surface area contributed by atoms with Gasteiger partial charge in [-0.2, -0.15) is 0 Å². The Morgan fingerprint density at radius 3 is 2.71 bits per heavy atom. The Kier molecular flexibility index (Phi) is 4.50.